The van der Waals surface area contributed by atoms with Crippen molar-refractivity contribution in [3.8, 4) is 11.5 Å². The van der Waals surface area contributed by atoms with Gasteiger partial charge in [0.25, 0.3) is 0 Å². The van der Waals surface area contributed by atoms with Crippen LogP contribution in [0.1, 0.15) is 24.6 Å². The van der Waals surface area contributed by atoms with Gasteiger partial charge in [-0.15, -0.1) is 0 Å². The molecule has 3 aromatic rings. The normalized spacial score (nSPS) is 12.0. The molecular weight excluding hydrogens is 412 g/mol. The number of hydrogen-bond acceptors (Lipinski definition) is 5. The van der Waals surface area contributed by atoms with E-state index in [0.717, 1.165) is 11.3 Å². The number of nitrogens with zero attached hydrogens (tertiary/aromatic N) is 2. The topological polar surface area (TPSA) is 96.6 Å². The summed E-state index contributed by atoms with van der Waals surface area (Å²) in [7, 11) is -3.27. The summed E-state index contributed by atoms with van der Waals surface area (Å²) in [5, 5.41) is 6.33. The maximum absolute atomic E-state index is 12.4. The lowest BCUT2D eigenvalue weighted by Crippen LogP contribution is -2.38. The molecule has 1 heterocycles. The Kier molecular flexibility index (Phi) is 7.83. The Morgan fingerprint density at radius 3 is 2.52 bits per heavy atom. The second-order valence-electron chi connectivity index (χ2n) is 7.12. The molecule has 7 nitrogen and oxygen atoms in total. The van der Waals surface area contributed by atoms with Crippen molar-refractivity contribution in [2.24, 2.45) is 4.99 Å². The summed E-state index contributed by atoms with van der Waals surface area (Å²) in [6, 6.07) is 16.5. The Bertz CT molecular complexity index is 1090. The van der Waals surface area contributed by atoms with Crippen molar-refractivity contribution in [3.05, 3.63) is 72.1 Å². The summed E-state index contributed by atoms with van der Waals surface area (Å²) < 4.78 is 30.3. The van der Waals surface area contributed by atoms with Crippen LogP contribution in [0.15, 0.2) is 75.2 Å². The molecule has 0 amide bonds. The highest BCUT2D eigenvalue weighted by Gasteiger charge is 2.13. The van der Waals surface area contributed by atoms with Crippen LogP contribution in [0.3, 0.4) is 0 Å². The zero-order valence-electron chi connectivity index (χ0n) is 17.8. The molecule has 3 rings (SSSR count). The fraction of sp³-hybridized carbons (Fsp3) is 0.304. The predicted octanol–water partition coefficient (Wildman–Crippen LogP) is 3.57. The third kappa shape index (κ3) is 6.68. The molecule has 1 aromatic heterocycles. The second kappa shape index (κ2) is 10.8. The standard InChI is InChI=1S/C23H28N4O3S/c1-3-24-23(25-14-7-15-31(28,29)21-8-5-4-6-9-21)26-16-20-17-30-22(27-20)19-12-10-18(2)11-13-19/h4-6,8-13,17H,3,7,14-16H2,1-2H3,(H2,24,25,26). The molecule has 0 atom stereocenters. The first kappa shape index (κ1) is 22.6. The van der Waals surface area contributed by atoms with Crippen molar-refractivity contribution in [2.75, 3.05) is 18.8 Å². The van der Waals surface area contributed by atoms with Gasteiger partial charge in [0.2, 0.25) is 5.89 Å². The lowest BCUT2D eigenvalue weighted by Gasteiger charge is -2.11. The molecule has 0 spiro atoms. The Hall–Kier alpha value is -3.13. The van der Waals surface area contributed by atoms with Gasteiger partial charge in [-0.1, -0.05) is 35.9 Å². The monoisotopic (exact) mass is 440 g/mol. The summed E-state index contributed by atoms with van der Waals surface area (Å²) in [6.45, 7) is 5.55. The van der Waals surface area contributed by atoms with Gasteiger partial charge in [-0.2, -0.15) is 0 Å². The number of benzene rings is 2. The van der Waals surface area contributed by atoms with E-state index in [4.69, 9.17) is 4.42 Å². The quantitative estimate of drug-likeness (QED) is 0.300. The first-order chi connectivity index (χ1) is 15.0. The molecule has 0 bridgehead atoms. The van der Waals surface area contributed by atoms with Crippen LogP contribution in [0.2, 0.25) is 0 Å². The van der Waals surface area contributed by atoms with Crippen LogP contribution >= 0.6 is 0 Å². The SMILES string of the molecule is CCNC(=NCc1coc(-c2ccc(C)cc2)n1)NCCCS(=O)(=O)c1ccccc1. The first-order valence-electron chi connectivity index (χ1n) is 10.3. The number of sulfone groups is 1. The van der Waals surface area contributed by atoms with E-state index in [0.29, 0.717) is 42.8 Å². The Morgan fingerprint density at radius 2 is 1.81 bits per heavy atom. The van der Waals surface area contributed by atoms with Crippen LogP contribution in [0, 0.1) is 6.92 Å². The van der Waals surface area contributed by atoms with Crippen LogP contribution in [0.4, 0.5) is 0 Å². The molecule has 0 unspecified atom stereocenters. The number of aromatic nitrogens is 1. The number of rotatable bonds is 9. The number of nitrogens with one attached hydrogen (secondary N) is 2. The highest BCUT2D eigenvalue weighted by molar-refractivity contribution is 7.91. The molecule has 31 heavy (non-hydrogen) atoms. The van der Waals surface area contributed by atoms with Gasteiger partial charge in [0.15, 0.2) is 15.8 Å². The summed E-state index contributed by atoms with van der Waals surface area (Å²) in [5.74, 6) is 1.25. The maximum atomic E-state index is 12.4. The summed E-state index contributed by atoms with van der Waals surface area (Å²) in [4.78, 5) is 9.37. The summed E-state index contributed by atoms with van der Waals surface area (Å²) in [6.07, 6.45) is 2.08. The van der Waals surface area contributed by atoms with Crippen molar-refractivity contribution in [1.29, 1.82) is 0 Å². The van der Waals surface area contributed by atoms with E-state index in [1.54, 1.807) is 36.6 Å². The molecule has 2 aromatic carbocycles. The molecule has 164 valence electrons. The Labute approximate surface area is 183 Å². The first-order valence-corrected chi connectivity index (χ1v) is 11.9. The van der Waals surface area contributed by atoms with Gasteiger partial charge in [0, 0.05) is 18.7 Å². The average molecular weight is 441 g/mol. The molecular formula is C23H28N4O3S. The number of aryl methyl sites for hydroxylation is 1. The van der Waals surface area contributed by atoms with E-state index in [1.807, 2.05) is 38.1 Å². The minimum absolute atomic E-state index is 0.0760. The van der Waals surface area contributed by atoms with Gasteiger partial charge in [-0.3, -0.25) is 0 Å². The van der Waals surface area contributed by atoms with Crippen molar-refractivity contribution in [3.63, 3.8) is 0 Å². The van der Waals surface area contributed by atoms with Crippen molar-refractivity contribution in [1.82, 2.24) is 15.6 Å². The van der Waals surface area contributed by atoms with Gasteiger partial charge in [0.05, 0.1) is 17.2 Å². The molecule has 0 aliphatic heterocycles. The van der Waals surface area contributed by atoms with E-state index in [-0.39, 0.29) is 5.75 Å². The van der Waals surface area contributed by atoms with Gasteiger partial charge >= 0.3 is 0 Å². The Balaban J connectivity index is 1.53. The lowest BCUT2D eigenvalue weighted by atomic mass is 10.1. The molecule has 0 aliphatic carbocycles. The molecule has 0 saturated carbocycles. The number of aliphatic imine (C=N–C) groups is 1. The number of oxazole rings is 1. The van der Waals surface area contributed by atoms with E-state index in [2.05, 4.69) is 20.6 Å². The van der Waals surface area contributed by atoms with Crippen LogP contribution in [-0.2, 0) is 16.4 Å². The van der Waals surface area contributed by atoms with Crippen LogP contribution in [-0.4, -0.2) is 38.2 Å². The van der Waals surface area contributed by atoms with E-state index < -0.39 is 9.84 Å². The fourth-order valence-electron chi connectivity index (χ4n) is 2.92. The molecule has 0 aliphatic rings. The summed E-state index contributed by atoms with van der Waals surface area (Å²) >= 11 is 0. The average Bonchev–Trinajstić information content (AvgIpc) is 3.25. The largest absolute Gasteiger partial charge is 0.444 e. The van der Waals surface area contributed by atoms with Gasteiger partial charge < -0.3 is 15.1 Å². The van der Waals surface area contributed by atoms with Crippen molar-refractivity contribution < 1.29 is 12.8 Å². The van der Waals surface area contributed by atoms with Crippen LogP contribution in [0.5, 0.6) is 0 Å². The highest BCUT2D eigenvalue weighted by atomic mass is 32.2. The van der Waals surface area contributed by atoms with Crippen molar-refractivity contribution >= 4 is 15.8 Å². The maximum Gasteiger partial charge on any atom is 0.226 e. The minimum Gasteiger partial charge on any atom is -0.444 e. The summed E-state index contributed by atoms with van der Waals surface area (Å²) in [5.41, 5.74) is 2.82. The Morgan fingerprint density at radius 1 is 1.06 bits per heavy atom. The zero-order valence-corrected chi connectivity index (χ0v) is 18.7. The van der Waals surface area contributed by atoms with Crippen LogP contribution in [0.25, 0.3) is 11.5 Å². The number of hydrogen-bond donors (Lipinski definition) is 2. The fourth-order valence-corrected chi connectivity index (χ4v) is 4.26. The molecule has 0 saturated heterocycles. The molecule has 2 N–H and O–H groups in total. The van der Waals surface area contributed by atoms with E-state index >= 15 is 0 Å². The van der Waals surface area contributed by atoms with Crippen LogP contribution < -0.4 is 10.6 Å². The van der Waals surface area contributed by atoms with Gasteiger partial charge in [-0.25, -0.2) is 18.4 Å². The highest BCUT2D eigenvalue weighted by Crippen LogP contribution is 2.19. The van der Waals surface area contributed by atoms with E-state index in [9.17, 15) is 8.42 Å². The lowest BCUT2D eigenvalue weighted by molar-refractivity contribution is 0.572. The minimum atomic E-state index is -3.27. The van der Waals surface area contributed by atoms with Gasteiger partial charge in [0.1, 0.15) is 12.0 Å². The molecule has 0 fully saturated rings. The van der Waals surface area contributed by atoms with Gasteiger partial charge in [-0.05, 0) is 44.5 Å². The third-order valence-corrected chi connectivity index (χ3v) is 6.39. The van der Waals surface area contributed by atoms with E-state index in [1.165, 1.54) is 5.56 Å². The van der Waals surface area contributed by atoms with Crippen molar-refractivity contribution in [2.45, 2.75) is 31.7 Å². The third-order valence-electron chi connectivity index (χ3n) is 4.58. The molecule has 0 radical (unpaired) electrons. The second-order valence-corrected chi connectivity index (χ2v) is 9.23. The molecule has 8 heteroatoms. The number of guanidine groups is 1. The smallest absolute Gasteiger partial charge is 0.226 e. The predicted molar refractivity (Wildman–Crippen MR) is 123 cm³/mol. The zero-order chi connectivity index (χ0) is 22.1.